The average molecular weight is 490 g/mol. The molecule has 2 heterocycles. The number of methoxy groups -OCH3 is 1. The molecule has 1 aliphatic heterocycles. The van der Waals surface area contributed by atoms with Crippen LogP contribution < -0.4 is 22.0 Å². The minimum absolute atomic E-state index is 0.0742. The third-order valence-corrected chi connectivity index (χ3v) is 7.79. The number of ether oxygens (including phenoxy) is 1. The Hall–Kier alpha value is -3.59. The van der Waals surface area contributed by atoms with E-state index in [9.17, 15) is 4.79 Å². The molecule has 5 N–H and O–H groups in total. The fourth-order valence-electron chi connectivity index (χ4n) is 6.04. The molecule has 3 unspecified atom stereocenters. The number of aryl methyl sites for hydroxylation is 1. The Morgan fingerprint density at radius 3 is 2.72 bits per heavy atom. The summed E-state index contributed by atoms with van der Waals surface area (Å²) >= 11 is 0. The molecule has 0 bridgehead atoms. The summed E-state index contributed by atoms with van der Waals surface area (Å²) in [5.41, 5.74) is 8.01. The van der Waals surface area contributed by atoms with Crippen molar-refractivity contribution in [2.45, 2.75) is 64.0 Å². The van der Waals surface area contributed by atoms with Gasteiger partial charge in [-0.1, -0.05) is 36.8 Å². The van der Waals surface area contributed by atoms with Gasteiger partial charge in [0.2, 0.25) is 0 Å². The maximum absolute atomic E-state index is 12.6. The van der Waals surface area contributed by atoms with Crippen molar-refractivity contribution in [1.82, 2.24) is 15.0 Å². The van der Waals surface area contributed by atoms with Crippen molar-refractivity contribution >= 4 is 28.6 Å². The lowest BCUT2D eigenvalue weighted by Gasteiger charge is -2.34. The molecule has 3 atom stereocenters. The largest absolute Gasteiger partial charge is 0.452 e. The molecule has 0 saturated heterocycles. The van der Waals surface area contributed by atoms with Gasteiger partial charge in [0.25, 0.3) is 0 Å². The van der Waals surface area contributed by atoms with Crippen LogP contribution in [0, 0.1) is 5.92 Å². The first-order chi connectivity index (χ1) is 17.5. The number of nitrogens with one attached hydrogen (secondary N) is 1. The van der Waals surface area contributed by atoms with Gasteiger partial charge in [0.1, 0.15) is 11.7 Å². The van der Waals surface area contributed by atoms with Crippen LogP contribution in [0.5, 0.6) is 0 Å². The first kappa shape index (κ1) is 24.1. The van der Waals surface area contributed by atoms with Crippen molar-refractivity contribution in [1.29, 1.82) is 0 Å². The van der Waals surface area contributed by atoms with Crippen LogP contribution in [0.3, 0.4) is 0 Å². The predicted molar refractivity (Wildman–Crippen MR) is 142 cm³/mol. The molecule has 1 aliphatic carbocycles. The van der Waals surface area contributed by atoms with Crippen LogP contribution in [-0.2, 0) is 17.6 Å². The number of amides is 1. The van der Waals surface area contributed by atoms with Crippen molar-refractivity contribution in [2.24, 2.45) is 22.7 Å². The molecule has 3 aromatic rings. The summed E-state index contributed by atoms with van der Waals surface area (Å²) in [4.78, 5) is 19.6. The fourth-order valence-corrected chi connectivity index (χ4v) is 6.04. The average Bonchev–Trinajstić information content (AvgIpc) is 3.27. The summed E-state index contributed by atoms with van der Waals surface area (Å²) in [5, 5.41) is 3.90. The van der Waals surface area contributed by atoms with Crippen molar-refractivity contribution in [3.05, 3.63) is 59.4 Å². The van der Waals surface area contributed by atoms with Crippen LogP contribution in [-0.4, -0.2) is 34.6 Å². The standard InChI is InChI=1S/C27H35N7O2/c1-17-11-12-21-22(33(17)27(35)36-2)13-14-23-25(21)30-24(15-18-7-4-3-5-8-18)34(23)20-10-6-9-19(16-20)26(31-28)32-29/h3-5,7-8,13-14,17,19-20H,6,9-12,15-16,28-29H2,1-2H3,(H,31,32). The van der Waals surface area contributed by atoms with Crippen LogP contribution in [0.1, 0.15) is 62.0 Å². The molecule has 9 nitrogen and oxygen atoms in total. The highest BCUT2D eigenvalue weighted by atomic mass is 16.5. The van der Waals surface area contributed by atoms with Crippen LogP contribution in [0.4, 0.5) is 10.5 Å². The van der Waals surface area contributed by atoms with E-state index in [1.165, 1.54) is 12.7 Å². The number of hydrazine groups is 1. The maximum Gasteiger partial charge on any atom is 0.414 e. The Morgan fingerprint density at radius 1 is 1.19 bits per heavy atom. The van der Waals surface area contributed by atoms with Crippen LogP contribution >= 0.6 is 0 Å². The third-order valence-electron chi connectivity index (χ3n) is 7.79. The number of rotatable bonds is 4. The highest BCUT2D eigenvalue weighted by Gasteiger charge is 2.33. The SMILES string of the molecule is COC(=O)N1c2ccc3c(nc(Cc4ccccc4)n3C3CCCC(/C(=N/N)NN)C3)c2CCC1C. The lowest BCUT2D eigenvalue weighted by molar-refractivity contribution is 0.175. The van der Waals surface area contributed by atoms with Gasteiger partial charge < -0.3 is 20.6 Å². The molecule has 1 aromatic heterocycles. The number of benzene rings is 2. The van der Waals surface area contributed by atoms with E-state index in [4.69, 9.17) is 21.4 Å². The van der Waals surface area contributed by atoms with Crippen LogP contribution in [0.2, 0.25) is 0 Å². The number of carbonyl (C=O) groups excluding carboxylic acids is 1. The number of amidine groups is 1. The number of hydrazone groups is 1. The Balaban J connectivity index is 1.63. The molecule has 1 saturated carbocycles. The summed E-state index contributed by atoms with van der Waals surface area (Å²) in [5.74, 6) is 13.2. The number of aromatic nitrogens is 2. The normalized spacial score (nSPS) is 22.4. The summed E-state index contributed by atoms with van der Waals surface area (Å²) in [6, 6.07) is 14.9. The van der Waals surface area contributed by atoms with E-state index < -0.39 is 0 Å². The van der Waals surface area contributed by atoms with E-state index >= 15 is 0 Å². The number of fused-ring (bicyclic) bond motifs is 3. The van der Waals surface area contributed by atoms with Crippen molar-refractivity contribution < 1.29 is 9.53 Å². The summed E-state index contributed by atoms with van der Waals surface area (Å²) in [6.07, 6.45) is 6.13. The Morgan fingerprint density at radius 2 is 2.00 bits per heavy atom. The monoisotopic (exact) mass is 489 g/mol. The molecule has 0 spiro atoms. The Kier molecular flexibility index (Phi) is 6.82. The van der Waals surface area contributed by atoms with Crippen LogP contribution in [0.25, 0.3) is 11.0 Å². The van der Waals surface area contributed by atoms with Gasteiger partial charge in [-0.05, 0) is 56.7 Å². The predicted octanol–water partition coefficient (Wildman–Crippen LogP) is 4.00. The van der Waals surface area contributed by atoms with Gasteiger partial charge in [-0.15, -0.1) is 0 Å². The Labute approximate surface area is 211 Å². The topological polar surface area (TPSA) is 124 Å². The number of nitrogens with zero attached hydrogens (tertiary/aromatic N) is 4. The highest BCUT2D eigenvalue weighted by molar-refractivity contribution is 5.95. The summed E-state index contributed by atoms with van der Waals surface area (Å²) in [6.45, 7) is 2.06. The zero-order valence-corrected chi connectivity index (χ0v) is 21.0. The minimum atomic E-state index is -0.329. The number of carbonyl (C=O) groups is 1. The number of nitrogens with two attached hydrogens (primary N) is 2. The second kappa shape index (κ2) is 10.2. The molecule has 2 aromatic carbocycles. The fraction of sp³-hybridized carbons (Fsp3) is 0.444. The number of hydrogen-bond acceptors (Lipinski definition) is 6. The van der Waals surface area contributed by atoms with Gasteiger partial charge in [-0.2, -0.15) is 5.10 Å². The zero-order valence-electron chi connectivity index (χ0n) is 21.0. The van der Waals surface area contributed by atoms with E-state index in [0.717, 1.165) is 73.1 Å². The Bertz CT molecular complexity index is 1270. The van der Waals surface area contributed by atoms with Crippen LogP contribution in [0.15, 0.2) is 47.6 Å². The second-order valence-corrected chi connectivity index (χ2v) is 9.90. The lowest BCUT2D eigenvalue weighted by atomic mass is 9.84. The number of hydrogen-bond donors (Lipinski definition) is 3. The smallest absolute Gasteiger partial charge is 0.414 e. The molecule has 9 heteroatoms. The molecule has 0 radical (unpaired) electrons. The number of anilines is 1. The molecular weight excluding hydrogens is 454 g/mol. The van der Waals surface area contributed by atoms with Gasteiger partial charge in [0.15, 0.2) is 0 Å². The van der Waals surface area contributed by atoms with Gasteiger partial charge in [-0.25, -0.2) is 15.6 Å². The van der Waals surface area contributed by atoms with Crippen molar-refractivity contribution in [3.8, 4) is 0 Å². The number of imidazole rings is 1. The first-order valence-electron chi connectivity index (χ1n) is 12.7. The molecule has 190 valence electrons. The summed E-state index contributed by atoms with van der Waals surface area (Å²) in [7, 11) is 1.43. The van der Waals surface area contributed by atoms with E-state index in [-0.39, 0.29) is 24.1 Å². The third kappa shape index (κ3) is 4.28. The van der Waals surface area contributed by atoms with E-state index in [2.05, 4.69) is 58.4 Å². The van der Waals surface area contributed by atoms with Gasteiger partial charge in [0.05, 0.1) is 23.8 Å². The maximum atomic E-state index is 12.6. The van der Waals surface area contributed by atoms with E-state index in [0.29, 0.717) is 5.84 Å². The second-order valence-electron chi connectivity index (χ2n) is 9.90. The molecule has 5 rings (SSSR count). The van der Waals surface area contributed by atoms with E-state index in [1.807, 2.05) is 6.07 Å². The highest BCUT2D eigenvalue weighted by Crippen LogP contribution is 2.41. The molecule has 2 aliphatic rings. The van der Waals surface area contributed by atoms with Crippen molar-refractivity contribution in [2.75, 3.05) is 12.0 Å². The summed E-state index contributed by atoms with van der Waals surface area (Å²) < 4.78 is 7.53. The van der Waals surface area contributed by atoms with E-state index in [1.54, 1.807) is 4.90 Å². The van der Waals surface area contributed by atoms with Gasteiger partial charge in [-0.3, -0.25) is 4.90 Å². The molecular formula is C27H35N7O2. The zero-order chi connectivity index (χ0) is 25.2. The minimum Gasteiger partial charge on any atom is -0.452 e. The van der Waals surface area contributed by atoms with Crippen molar-refractivity contribution in [3.63, 3.8) is 0 Å². The molecule has 1 amide bonds. The van der Waals surface area contributed by atoms with Gasteiger partial charge in [0, 0.05) is 30.0 Å². The molecule has 1 fully saturated rings. The first-order valence-corrected chi connectivity index (χ1v) is 12.7. The molecule has 36 heavy (non-hydrogen) atoms. The quantitative estimate of drug-likeness (QED) is 0.220. The van der Waals surface area contributed by atoms with Gasteiger partial charge >= 0.3 is 6.09 Å². The lowest BCUT2D eigenvalue weighted by Crippen LogP contribution is -2.42.